The van der Waals surface area contributed by atoms with E-state index in [1.54, 1.807) is 0 Å². The fourth-order valence-corrected chi connectivity index (χ4v) is 3.06. The zero-order chi connectivity index (χ0) is 14.2. The summed E-state index contributed by atoms with van der Waals surface area (Å²) in [5, 5.41) is 4.12. The molecule has 0 saturated heterocycles. The van der Waals surface area contributed by atoms with Crippen LogP contribution in [0.4, 0.5) is 0 Å². The minimum absolute atomic E-state index is 0.430. The molecule has 1 saturated carbocycles. The first-order valence-corrected chi connectivity index (χ1v) is 7.75. The molecular weight excluding hydrogens is 318 g/mol. The lowest BCUT2D eigenvalue weighted by Gasteiger charge is -2.33. The van der Waals surface area contributed by atoms with E-state index in [-0.39, 0.29) is 0 Å². The largest absolute Gasteiger partial charge is 0.334 e. The molecule has 0 bridgehead atoms. The molecule has 3 rings (SSSR count). The standard InChI is InChI=1S/C15H18BrN3O/c1-10-5-7-15(17,8-6-10)14-18-13(20-19-14)11-3-2-4-12(16)9-11/h2-4,9-10H,5-8,17H2,1H3. The summed E-state index contributed by atoms with van der Waals surface area (Å²) in [6.07, 6.45) is 4.09. The van der Waals surface area contributed by atoms with Gasteiger partial charge in [-0.1, -0.05) is 34.1 Å². The summed E-state index contributed by atoms with van der Waals surface area (Å²) in [6, 6.07) is 7.83. The van der Waals surface area contributed by atoms with Gasteiger partial charge in [0, 0.05) is 10.0 Å². The molecule has 5 heteroatoms. The van der Waals surface area contributed by atoms with E-state index in [0.29, 0.717) is 11.7 Å². The van der Waals surface area contributed by atoms with E-state index in [1.807, 2.05) is 24.3 Å². The normalized spacial score (nSPS) is 26.6. The maximum Gasteiger partial charge on any atom is 0.258 e. The second kappa shape index (κ2) is 5.30. The monoisotopic (exact) mass is 335 g/mol. The van der Waals surface area contributed by atoms with E-state index >= 15 is 0 Å². The van der Waals surface area contributed by atoms with Crippen molar-refractivity contribution in [2.45, 2.75) is 38.1 Å². The van der Waals surface area contributed by atoms with Crippen LogP contribution in [0.25, 0.3) is 11.5 Å². The van der Waals surface area contributed by atoms with Gasteiger partial charge < -0.3 is 10.3 Å². The first-order valence-electron chi connectivity index (χ1n) is 6.96. The second-order valence-corrected chi connectivity index (χ2v) is 6.69. The van der Waals surface area contributed by atoms with Gasteiger partial charge in [0.05, 0.1) is 5.54 Å². The Morgan fingerprint density at radius 3 is 2.80 bits per heavy atom. The molecule has 1 aromatic heterocycles. The summed E-state index contributed by atoms with van der Waals surface area (Å²) in [4.78, 5) is 4.52. The zero-order valence-corrected chi connectivity index (χ0v) is 13.1. The second-order valence-electron chi connectivity index (χ2n) is 5.77. The summed E-state index contributed by atoms with van der Waals surface area (Å²) < 4.78 is 6.38. The van der Waals surface area contributed by atoms with Gasteiger partial charge in [-0.2, -0.15) is 4.98 Å². The third-order valence-electron chi connectivity index (χ3n) is 4.11. The summed E-state index contributed by atoms with van der Waals surface area (Å²) >= 11 is 3.45. The average molecular weight is 336 g/mol. The van der Waals surface area contributed by atoms with Crippen molar-refractivity contribution in [2.24, 2.45) is 11.7 Å². The van der Waals surface area contributed by atoms with Crippen LogP contribution in [0.3, 0.4) is 0 Å². The Morgan fingerprint density at radius 2 is 2.10 bits per heavy atom. The van der Waals surface area contributed by atoms with Gasteiger partial charge in [0.15, 0.2) is 5.82 Å². The van der Waals surface area contributed by atoms with E-state index < -0.39 is 5.54 Å². The third-order valence-corrected chi connectivity index (χ3v) is 4.60. The highest BCUT2D eigenvalue weighted by atomic mass is 79.9. The van der Waals surface area contributed by atoms with Crippen LogP contribution in [0.1, 0.15) is 38.4 Å². The van der Waals surface area contributed by atoms with Crippen LogP contribution >= 0.6 is 15.9 Å². The van der Waals surface area contributed by atoms with Crippen molar-refractivity contribution in [1.82, 2.24) is 10.1 Å². The highest BCUT2D eigenvalue weighted by molar-refractivity contribution is 9.10. The van der Waals surface area contributed by atoms with Crippen molar-refractivity contribution in [3.8, 4) is 11.5 Å². The maximum absolute atomic E-state index is 6.47. The van der Waals surface area contributed by atoms with Gasteiger partial charge in [-0.15, -0.1) is 0 Å². The molecule has 2 N–H and O–H groups in total. The fraction of sp³-hybridized carbons (Fsp3) is 0.467. The molecule has 1 heterocycles. The number of hydrogen-bond donors (Lipinski definition) is 1. The number of halogens is 1. The van der Waals surface area contributed by atoms with Gasteiger partial charge >= 0.3 is 0 Å². The molecule has 0 spiro atoms. The molecule has 0 radical (unpaired) electrons. The quantitative estimate of drug-likeness (QED) is 0.904. The fourth-order valence-electron chi connectivity index (χ4n) is 2.67. The molecule has 0 atom stereocenters. The Labute approximate surface area is 126 Å². The van der Waals surface area contributed by atoms with Crippen LogP contribution in [0.15, 0.2) is 33.3 Å². The molecule has 2 aromatic rings. The zero-order valence-electron chi connectivity index (χ0n) is 11.5. The summed E-state index contributed by atoms with van der Waals surface area (Å²) in [6.45, 7) is 2.27. The number of rotatable bonds is 2. The van der Waals surface area contributed by atoms with Crippen LogP contribution in [-0.2, 0) is 5.54 Å². The smallest absolute Gasteiger partial charge is 0.258 e. The maximum atomic E-state index is 6.47. The minimum Gasteiger partial charge on any atom is -0.334 e. The number of nitrogens with zero attached hydrogens (tertiary/aromatic N) is 2. The van der Waals surface area contributed by atoms with Gasteiger partial charge in [-0.3, -0.25) is 0 Å². The Bertz CT molecular complexity index is 603. The molecule has 1 aromatic carbocycles. The Balaban J connectivity index is 1.87. The highest BCUT2D eigenvalue weighted by Gasteiger charge is 2.36. The molecular formula is C15H18BrN3O. The number of hydrogen-bond acceptors (Lipinski definition) is 4. The van der Waals surface area contributed by atoms with Gasteiger partial charge in [0.2, 0.25) is 0 Å². The number of nitrogens with two attached hydrogens (primary N) is 1. The Kier molecular flexibility index (Phi) is 3.65. The van der Waals surface area contributed by atoms with Crippen LogP contribution in [-0.4, -0.2) is 10.1 Å². The van der Waals surface area contributed by atoms with Crippen molar-refractivity contribution < 1.29 is 4.52 Å². The predicted octanol–water partition coefficient (Wildman–Crippen LogP) is 3.86. The molecule has 20 heavy (non-hydrogen) atoms. The predicted molar refractivity (Wildman–Crippen MR) is 80.9 cm³/mol. The van der Waals surface area contributed by atoms with Crippen LogP contribution in [0.5, 0.6) is 0 Å². The Morgan fingerprint density at radius 1 is 1.35 bits per heavy atom. The SMILES string of the molecule is CC1CCC(N)(c2noc(-c3cccc(Br)c3)n2)CC1. The van der Waals surface area contributed by atoms with Crippen LogP contribution < -0.4 is 5.73 Å². The lowest BCUT2D eigenvalue weighted by atomic mass is 9.77. The van der Waals surface area contributed by atoms with E-state index in [0.717, 1.165) is 41.6 Å². The van der Waals surface area contributed by atoms with Crippen molar-refractivity contribution in [3.05, 3.63) is 34.6 Å². The number of aromatic nitrogens is 2. The summed E-state index contributed by atoms with van der Waals surface area (Å²) in [7, 11) is 0. The van der Waals surface area contributed by atoms with Gasteiger partial charge in [-0.05, 0) is 49.8 Å². The van der Waals surface area contributed by atoms with Gasteiger partial charge in [0.1, 0.15) is 0 Å². The molecule has 106 valence electrons. The highest BCUT2D eigenvalue weighted by Crippen LogP contribution is 2.36. The average Bonchev–Trinajstić information content (AvgIpc) is 2.93. The molecule has 1 fully saturated rings. The summed E-state index contributed by atoms with van der Waals surface area (Å²) in [5.41, 5.74) is 6.95. The van der Waals surface area contributed by atoms with Crippen molar-refractivity contribution in [2.75, 3.05) is 0 Å². The lowest BCUT2D eigenvalue weighted by molar-refractivity contribution is 0.230. The summed E-state index contributed by atoms with van der Waals surface area (Å²) in [5.74, 6) is 1.91. The van der Waals surface area contributed by atoms with E-state index in [9.17, 15) is 0 Å². The molecule has 0 amide bonds. The van der Waals surface area contributed by atoms with Crippen molar-refractivity contribution in [3.63, 3.8) is 0 Å². The number of benzene rings is 1. The molecule has 1 aliphatic carbocycles. The van der Waals surface area contributed by atoms with Crippen molar-refractivity contribution >= 4 is 15.9 Å². The van der Waals surface area contributed by atoms with Gasteiger partial charge in [0.25, 0.3) is 5.89 Å². The molecule has 0 unspecified atom stereocenters. The molecule has 0 aliphatic heterocycles. The van der Waals surface area contributed by atoms with E-state index in [1.165, 1.54) is 0 Å². The Hall–Kier alpha value is -1.20. The lowest BCUT2D eigenvalue weighted by Crippen LogP contribution is -2.41. The topological polar surface area (TPSA) is 64.9 Å². The molecule has 1 aliphatic rings. The first kappa shape index (κ1) is 13.8. The first-order chi connectivity index (χ1) is 9.57. The van der Waals surface area contributed by atoms with Crippen molar-refractivity contribution in [1.29, 1.82) is 0 Å². The molecule has 4 nitrogen and oxygen atoms in total. The van der Waals surface area contributed by atoms with Crippen LogP contribution in [0, 0.1) is 5.92 Å². The van der Waals surface area contributed by atoms with Crippen LogP contribution in [0.2, 0.25) is 0 Å². The van der Waals surface area contributed by atoms with Gasteiger partial charge in [-0.25, -0.2) is 0 Å². The third kappa shape index (κ3) is 2.65. The van der Waals surface area contributed by atoms with E-state index in [4.69, 9.17) is 10.3 Å². The minimum atomic E-state index is -0.430. The van der Waals surface area contributed by atoms with E-state index in [2.05, 4.69) is 33.0 Å².